The van der Waals surface area contributed by atoms with E-state index in [0.717, 1.165) is 0 Å². The highest BCUT2D eigenvalue weighted by atomic mass is 16.6. The minimum absolute atomic E-state index is 0.00309. The van der Waals surface area contributed by atoms with Crippen LogP contribution in [0.25, 0.3) is 0 Å². The maximum absolute atomic E-state index is 12.7. The van der Waals surface area contributed by atoms with Crippen molar-refractivity contribution in [3.05, 3.63) is 12.7 Å². The number of aliphatic hydroxyl groups is 1. The number of hydrogen-bond acceptors (Lipinski definition) is 6. The number of rotatable bonds is 4. The van der Waals surface area contributed by atoms with Gasteiger partial charge in [0.2, 0.25) is 5.91 Å². The molecule has 2 fully saturated rings. The van der Waals surface area contributed by atoms with Gasteiger partial charge >= 0.3 is 12.1 Å². The Bertz CT molecular complexity index is 584. The number of aliphatic hydroxyl groups excluding tert-OH is 1. The van der Waals surface area contributed by atoms with E-state index in [9.17, 15) is 19.5 Å². The van der Waals surface area contributed by atoms with E-state index in [4.69, 9.17) is 9.47 Å². The molecule has 0 radical (unpaired) electrons. The number of carbonyl (C=O) groups is 3. The van der Waals surface area contributed by atoms with Crippen LogP contribution in [0, 0.1) is 5.92 Å². The lowest BCUT2D eigenvalue weighted by Crippen LogP contribution is -2.53. The second-order valence-corrected chi connectivity index (χ2v) is 7.54. The summed E-state index contributed by atoms with van der Waals surface area (Å²) in [6, 6.07) is -0.905. The van der Waals surface area contributed by atoms with Gasteiger partial charge in [-0.2, -0.15) is 0 Å². The van der Waals surface area contributed by atoms with E-state index in [1.165, 1.54) is 12.0 Å². The van der Waals surface area contributed by atoms with Crippen LogP contribution < -0.4 is 5.32 Å². The third kappa shape index (κ3) is 3.95. The second-order valence-electron chi connectivity index (χ2n) is 7.54. The predicted molar refractivity (Wildman–Crippen MR) is 88.5 cm³/mol. The average Bonchev–Trinajstić information content (AvgIpc) is 3.07. The van der Waals surface area contributed by atoms with Crippen LogP contribution in [0.2, 0.25) is 0 Å². The van der Waals surface area contributed by atoms with Crippen LogP contribution in [0.1, 0.15) is 33.6 Å². The van der Waals surface area contributed by atoms with E-state index in [0.29, 0.717) is 6.42 Å². The van der Waals surface area contributed by atoms with Crippen LogP contribution in [0.3, 0.4) is 0 Å². The zero-order valence-corrected chi connectivity index (χ0v) is 15.1. The summed E-state index contributed by atoms with van der Waals surface area (Å²) in [4.78, 5) is 38.3. The molecule has 8 heteroatoms. The van der Waals surface area contributed by atoms with Gasteiger partial charge in [0.1, 0.15) is 17.2 Å². The molecule has 25 heavy (non-hydrogen) atoms. The Kier molecular flexibility index (Phi) is 5.13. The van der Waals surface area contributed by atoms with Gasteiger partial charge in [0, 0.05) is 12.3 Å². The van der Waals surface area contributed by atoms with Crippen molar-refractivity contribution in [3.63, 3.8) is 0 Å². The Morgan fingerprint density at radius 3 is 2.48 bits per heavy atom. The third-order valence-electron chi connectivity index (χ3n) is 4.40. The highest BCUT2D eigenvalue weighted by Gasteiger charge is 2.61. The monoisotopic (exact) mass is 354 g/mol. The third-order valence-corrected chi connectivity index (χ3v) is 4.40. The molecule has 8 nitrogen and oxygen atoms in total. The van der Waals surface area contributed by atoms with Crippen molar-refractivity contribution in [2.75, 3.05) is 13.7 Å². The number of β-amino-alcohol motifs (C(OH)–C–C–N with tert-alkyl or cyclic N) is 1. The fourth-order valence-corrected chi connectivity index (χ4v) is 3.07. The minimum atomic E-state index is -1.14. The van der Waals surface area contributed by atoms with Crippen LogP contribution in [-0.2, 0) is 19.1 Å². The number of hydrogen-bond donors (Lipinski definition) is 2. The number of carbonyl (C=O) groups excluding carboxylic acids is 3. The standard InChI is InChI=1S/C17H26N2O6/c1-6-10-8-17(10,14(22)24-5)18-13(21)12-7-11(20)9-19(12)15(23)25-16(2,3)4/h6,10-12,20H,1,7-9H2,2-5H3,(H,18,21)/t10-,11?,12+,17-/m1/s1. The molecule has 1 heterocycles. The van der Waals surface area contributed by atoms with Gasteiger partial charge < -0.3 is 19.9 Å². The highest BCUT2D eigenvalue weighted by Crippen LogP contribution is 2.45. The van der Waals surface area contributed by atoms with E-state index < -0.39 is 41.3 Å². The molecule has 1 aliphatic heterocycles. The molecule has 2 rings (SSSR count). The highest BCUT2D eigenvalue weighted by molar-refractivity contribution is 5.94. The van der Waals surface area contributed by atoms with Gasteiger partial charge in [0.25, 0.3) is 0 Å². The summed E-state index contributed by atoms with van der Waals surface area (Å²) in [5.41, 5.74) is -1.86. The predicted octanol–water partition coefficient (Wildman–Crippen LogP) is 0.591. The molecule has 0 aromatic heterocycles. The van der Waals surface area contributed by atoms with E-state index in [1.807, 2.05) is 0 Å². The molecular formula is C17H26N2O6. The summed E-state index contributed by atoms with van der Waals surface area (Å²) >= 11 is 0. The molecule has 1 saturated carbocycles. The number of ether oxygens (including phenoxy) is 2. The number of esters is 1. The molecule has 0 aromatic rings. The fraction of sp³-hybridized carbons (Fsp3) is 0.706. The van der Waals surface area contributed by atoms with Crippen molar-refractivity contribution in [3.8, 4) is 0 Å². The maximum Gasteiger partial charge on any atom is 0.411 e. The smallest absolute Gasteiger partial charge is 0.411 e. The average molecular weight is 354 g/mol. The summed E-state index contributed by atoms with van der Waals surface area (Å²) < 4.78 is 10.1. The lowest BCUT2D eigenvalue weighted by molar-refractivity contribution is -0.147. The van der Waals surface area contributed by atoms with Crippen molar-refractivity contribution in [2.24, 2.45) is 5.92 Å². The molecule has 1 aliphatic carbocycles. The van der Waals surface area contributed by atoms with Gasteiger partial charge in [0.05, 0.1) is 19.8 Å². The van der Waals surface area contributed by atoms with Gasteiger partial charge in [0.15, 0.2) is 0 Å². The zero-order chi connectivity index (χ0) is 19.0. The topological polar surface area (TPSA) is 105 Å². The van der Waals surface area contributed by atoms with Crippen LogP contribution in [0.15, 0.2) is 12.7 Å². The SMILES string of the molecule is C=C[C@@H]1C[C@]1(NC(=O)[C@@H]1CC(O)CN1C(=O)OC(C)(C)C)C(=O)OC. The quantitative estimate of drug-likeness (QED) is 0.565. The minimum Gasteiger partial charge on any atom is -0.467 e. The van der Waals surface area contributed by atoms with E-state index >= 15 is 0 Å². The summed E-state index contributed by atoms with van der Waals surface area (Å²) in [5, 5.41) is 12.6. The fourth-order valence-electron chi connectivity index (χ4n) is 3.07. The number of amides is 2. The second kappa shape index (κ2) is 6.67. The lowest BCUT2D eigenvalue weighted by atomic mass is 10.1. The Morgan fingerprint density at radius 1 is 1.36 bits per heavy atom. The van der Waals surface area contributed by atoms with Crippen LogP contribution in [0.5, 0.6) is 0 Å². The van der Waals surface area contributed by atoms with Crippen molar-refractivity contribution >= 4 is 18.0 Å². The van der Waals surface area contributed by atoms with Gasteiger partial charge in [-0.05, 0) is 27.2 Å². The molecule has 140 valence electrons. The molecule has 4 atom stereocenters. The number of likely N-dealkylation sites (tertiary alicyclic amines) is 1. The molecule has 1 unspecified atom stereocenters. The van der Waals surface area contributed by atoms with E-state index in [-0.39, 0.29) is 18.9 Å². The maximum atomic E-state index is 12.7. The Morgan fingerprint density at radius 2 is 2.00 bits per heavy atom. The molecule has 0 aromatic carbocycles. The molecule has 0 bridgehead atoms. The zero-order valence-electron chi connectivity index (χ0n) is 15.1. The van der Waals surface area contributed by atoms with Crippen molar-refractivity contribution in [1.29, 1.82) is 0 Å². The van der Waals surface area contributed by atoms with E-state index in [1.54, 1.807) is 26.8 Å². The first-order valence-electron chi connectivity index (χ1n) is 8.24. The number of nitrogens with one attached hydrogen (secondary N) is 1. The number of nitrogens with zero attached hydrogens (tertiary/aromatic N) is 1. The van der Waals surface area contributed by atoms with Gasteiger partial charge in [-0.15, -0.1) is 6.58 Å². The first-order chi connectivity index (χ1) is 11.5. The van der Waals surface area contributed by atoms with Gasteiger partial charge in [-0.1, -0.05) is 6.08 Å². The van der Waals surface area contributed by atoms with Crippen LogP contribution in [-0.4, -0.2) is 64.9 Å². The van der Waals surface area contributed by atoms with Gasteiger partial charge in [-0.25, -0.2) is 9.59 Å². The molecule has 0 spiro atoms. The van der Waals surface area contributed by atoms with Gasteiger partial charge in [-0.3, -0.25) is 9.69 Å². The molecule has 2 N–H and O–H groups in total. The van der Waals surface area contributed by atoms with Crippen LogP contribution >= 0.6 is 0 Å². The van der Waals surface area contributed by atoms with E-state index in [2.05, 4.69) is 11.9 Å². The number of methoxy groups -OCH3 is 1. The Labute approximate surface area is 147 Å². The molecule has 2 amide bonds. The summed E-state index contributed by atoms with van der Waals surface area (Å²) in [7, 11) is 1.25. The first kappa shape index (κ1) is 19.2. The summed E-state index contributed by atoms with van der Waals surface area (Å²) in [6.07, 6.45) is 0.573. The lowest BCUT2D eigenvalue weighted by Gasteiger charge is -2.28. The first-order valence-corrected chi connectivity index (χ1v) is 8.24. The Hall–Kier alpha value is -2.09. The van der Waals surface area contributed by atoms with Crippen molar-refractivity contribution in [2.45, 2.75) is 56.9 Å². The Balaban J connectivity index is 2.12. The molecule has 2 aliphatic rings. The summed E-state index contributed by atoms with van der Waals surface area (Å²) in [5.74, 6) is -1.28. The molecule has 1 saturated heterocycles. The normalized spacial score (nSPS) is 31.2. The van der Waals surface area contributed by atoms with Crippen molar-refractivity contribution in [1.82, 2.24) is 10.2 Å². The molecular weight excluding hydrogens is 328 g/mol. The van der Waals surface area contributed by atoms with Crippen LogP contribution in [0.4, 0.5) is 4.79 Å². The van der Waals surface area contributed by atoms with Crippen molar-refractivity contribution < 1.29 is 29.0 Å². The summed E-state index contributed by atoms with van der Waals surface area (Å²) in [6.45, 7) is 8.81. The largest absolute Gasteiger partial charge is 0.467 e.